The van der Waals surface area contributed by atoms with Gasteiger partial charge in [0.25, 0.3) is 0 Å². The molecule has 0 fully saturated rings. The first kappa shape index (κ1) is 33.7. The fraction of sp³-hybridized carbons (Fsp3) is 0. The molecule has 0 atom stereocenters. The fourth-order valence-electron chi connectivity index (χ4n) is 8.87. The summed E-state index contributed by atoms with van der Waals surface area (Å²) in [6.07, 6.45) is 0. The Hall–Kier alpha value is -7.46. The molecule has 276 valence electrons. The van der Waals surface area contributed by atoms with Crippen molar-refractivity contribution in [3.8, 4) is 33.4 Å². The number of fused-ring (bicyclic) bond motifs is 9. The number of hydrogen-bond acceptors (Lipinski definition) is 3. The van der Waals surface area contributed by atoms with Crippen LogP contribution in [-0.4, -0.2) is 0 Å². The van der Waals surface area contributed by atoms with Crippen molar-refractivity contribution in [1.29, 1.82) is 0 Å². The van der Waals surface area contributed by atoms with E-state index in [2.05, 4.69) is 217 Å². The van der Waals surface area contributed by atoms with Gasteiger partial charge in [-0.3, -0.25) is 0 Å². The quantitative estimate of drug-likeness (QED) is 0.167. The molecule has 0 aliphatic rings. The second-order valence-corrected chi connectivity index (χ2v) is 16.4. The molecule has 59 heavy (non-hydrogen) atoms. The summed E-state index contributed by atoms with van der Waals surface area (Å²) >= 11 is 1.86. The minimum atomic E-state index is 0.906. The summed E-state index contributed by atoms with van der Waals surface area (Å²) in [5, 5.41) is 9.78. The van der Waals surface area contributed by atoms with E-state index in [1.165, 1.54) is 69.4 Å². The number of rotatable bonds is 6. The lowest BCUT2D eigenvalue weighted by Gasteiger charge is -2.26. The molecule has 0 radical (unpaired) electrons. The number of nitrogens with zero attached hydrogens (tertiary/aromatic N) is 1. The molecule has 0 amide bonds. The smallest absolute Gasteiger partial charge is 0.144 e. The Morgan fingerprint density at radius 1 is 0.356 bits per heavy atom. The lowest BCUT2D eigenvalue weighted by Crippen LogP contribution is -2.09. The summed E-state index contributed by atoms with van der Waals surface area (Å²) < 4.78 is 9.31. The van der Waals surface area contributed by atoms with Crippen molar-refractivity contribution < 1.29 is 4.42 Å². The first-order valence-electron chi connectivity index (χ1n) is 20.1. The normalized spacial score (nSPS) is 11.7. The SMILES string of the molecule is c1ccc(-c2ccc(N(c3ccc(-c4cc5c6cc(-c7ccc8ccccc8c7)ccc6sc5c5c4oc4ccccc45)cc3)c3ccc4ccccc4c3)cc2)cc1. The van der Waals surface area contributed by atoms with Crippen molar-refractivity contribution in [1.82, 2.24) is 0 Å². The largest absolute Gasteiger partial charge is 0.455 e. The molecule has 10 aromatic carbocycles. The zero-order chi connectivity index (χ0) is 38.9. The maximum Gasteiger partial charge on any atom is 0.144 e. The van der Waals surface area contributed by atoms with Crippen LogP contribution in [0.15, 0.2) is 217 Å². The molecule has 0 unspecified atom stereocenters. The fourth-order valence-corrected chi connectivity index (χ4v) is 10.1. The Labute approximate surface area is 345 Å². The Morgan fingerprint density at radius 3 is 1.68 bits per heavy atom. The average Bonchev–Trinajstić information content (AvgIpc) is 3.88. The van der Waals surface area contributed by atoms with Gasteiger partial charge in [-0.25, -0.2) is 0 Å². The number of anilines is 3. The molecule has 0 aliphatic heterocycles. The van der Waals surface area contributed by atoms with Crippen LogP contribution in [-0.2, 0) is 0 Å². The van der Waals surface area contributed by atoms with Crippen molar-refractivity contribution in [2.24, 2.45) is 0 Å². The summed E-state index contributed by atoms with van der Waals surface area (Å²) in [6.45, 7) is 0. The van der Waals surface area contributed by atoms with Crippen LogP contribution in [0.4, 0.5) is 17.1 Å². The minimum absolute atomic E-state index is 0.906. The van der Waals surface area contributed by atoms with E-state index in [-0.39, 0.29) is 0 Å². The van der Waals surface area contributed by atoms with Crippen molar-refractivity contribution in [3.05, 3.63) is 212 Å². The predicted molar refractivity (Wildman–Crippen MR) is 253 cm³/mol. The molecular weight excluding hydrogens is 735 g/mol. The first-order chi connectivity index (χ1) is 29.2. The van der Waals surface area contributed by atoms with Crippen LogP contribution in [0.1, 0.15) is 0 Å². The van der Waals surface area contributed by atoms with Crippen LogP contribution in [0.25, 0.3) is 97.0 Å². The van der Waals surface area contributed by atoms with Crippen LogP contribution in [0.5, 0.6) is 0 Å². The van der Waals surface area contributed by atoms with Crippen LogP contribution >= 0.6 is 11.3 Å². The van der Waals surface area contributed by atoms with Gasteiger partial charge in [-0.1, -0.05) is 146 Å². The van der Waals surface area contributed by atoms with E-state index < -0.39 is 0 Å². The maximum atomic E-state index is 6.78. The second-order valence-electron chi connectivity index (χ2n) is 15.3. The number of benzene rings is 10. The molecular formula is C56H35NOS. The van der Waals surface area contributed by atoms with Crippen LogP contribution < -0.4 is 4.90 Å². The summed E-state index contributed by atoms with van der Waals surface area (Å²) in [5.41, 5.74) is 12.2. The number of hydrogen-bond donors (Lipinski definition) is 0. The van der Waals surface area contributed by atoms with Gasteiger partial charge >= 0.3 is 0 Å². The highest BCUT2D eigenvalue weighted by molar-refractivity contribution is 7.26. The monoisotopic (exact) mass is 769 g/mol. The van der Waals surface area contributed by atoms with Gasteiger partial charge in [0.05, 0.1) is 0 Å². The van der Waals surface area contributed by atoms with Gasteiger partial charge < -0.3 is 9.32 Å². The minimum Gasteiger partial charge on any atom is -0.455 e. The van der Waals surface area contributed by atoms with Crippen LogP contribution in [0.2, 0.25) is 0 Å². The van der Waals surface area contributed by atoms with Gasteiger partial charge in [0.15, 0.2) is 0 Å². The second kappa shape index (κ2) is 13.6. The van der Waals surface area contributed by atoms with Gasteiger partial charge in [0.1, 0.15) is 11.2 Å². The van der Waals surface area contributed by atoms with Gasteiger partial charge in [-0.2, -0.15) is 0 Å². The highest BCUT2D eigenvalue weighted by atomic mass is 32.1. The maximum absolute atomic E-state index is 6.78. The first-order valence-corrected chi connectivity index (χ1v) is 20.9. The summed E-state index contributed by atoms with van der Waals surface area (Å²) in [5.74, 6) is 0. The van der Waals surface area contributed by atoms with Crippen LogP contribution in [0.3, 0.4) is 0 Å². The van der Waals surface area contributed by atoms with Gasteiger partial charge in [-0.15, -0.1) is 11.3 Å². The van der Waals surface area contributed by atoms with Gasteiger partial charge in [0.2, 0.25) is 0 Å². The van der Waals surface area contributed by atoms with E-state index in [1.807, 2.05) is 11.3 Å². The molecule has 12 aromatic rings. The number of para-hydroxylation sites is 1. The lowest BCUT2D eigenvalue weighted by molar-refractivity contribution is 0.670. The molecule has 2 aromatic heterocycles. The Kier molecular flexibility index (Phi) is 7.75. The molecule has 0 spiro atoms. The van der Waals surface area contributed by atoms with Crippen molar-refractivity contribution >= 4 is 92.1 Å². The molecule has 0 saturated carbocycles. The van der Waals surface area contributed by atoms with Crippen molar-refractivity contribution in [3.63, 3.8) is 0 Å². The molecule has 0 bridgehead atoms. The third kappa shape index (κ3) is 5.70. The average molecular weight is 770 g/mol. The lowest BCUT2D eigenvalue weighted by atomic mass is 9.96. The van der Waals surface area contributed by atoms with Crippen LogP contribution in [0, 0.1) is 0 Å². The van der Waals surface area contributed by atoms with E-state index in [0.717, 1.165) is 44.7 Å². The number of furan rings is 1. The highest BCUT2D eigenvalue weighted by Gasteiger charge is 2.21. The third-order valence-electron chi connectivity index (χ3n) is 11.8. The standard InChI is InChI=1S/C56H35NOS/c1-2-10-36(11-3-1)39-20-26-45(27-21-39)57(47-30-22-38-13-5-7-15-42(38)33-47)46-28-23-40(24-29-46)49-35-51-50-34-44(43-19-18-37-12-4-6-14-41(37)32-43)25-31-53(50)59-56(51)54-48-16-8-9-17-52(48)58-55(49)54/h1-35H. The van der Waals surface area contributed by atoms with Crippen molar-refractivity contribution in [2.45, 2.75) is 0 Å². The van der Waals surface area contributed by atoms with E-state index in [4.69, 9.17) is 4.42 Å². The molecule has 12 rings (SSSR count). The molecule has 2 heterocycles. The third-order valence-corrected chi connectivity index (χ3v) is 13.0. The molecule has 0 N–H and O–H groups in total. The zero-order valence-corrected chi connectivity index (χ0v) is 32.8. The summed E-state index contributed by atoms with van der Waals surface area (Å²) in [4.78, 5) is 2.35. The summed E-state index contributed by atoms with van der Waals surface area (Å²) in [6, 6.07) is 76.9. The van der Waals surface area contributed by atoms with Gasteiger partial charge in [-0.05, 0) is 116 Å². The predicted octanol–water partition coefficient (Wildman–Crippen LogP) is 16.7. The van der Waals surface area contributed by atoms with E-state index in [0.29, 0.717) is 0 Å². The zero-order valence-electron chi connectivity index (χ0n) is 32.0. The topological polar surface area (TPSA) is 16.4 Å². The highest BCUT2D eigenvalue weighted by Crippen LogP contribution is 2.48. The molecule has 2 nitrogen and oxygen atoms in total. The molecule has 0 aliphatic carbocycles. The molecule has 3 heteroatoms. The Morgan fingerprint density at radius 2 is 0.915 bits per heavy atom. The number of thiophene rings is 1. The van der Waals surface area contributed by atoms with Gasteiger partial charge in [0, 0.05) is 53.6 Å². The Balaban J connectivity index is 1.01. The van der Waals surface area contributed by atoms with Crippen molar-refractivity contribution in [2.75, 3.05) is 4.90 Å². The Bertz CT molecular complexity index is 3540. The molecule has 0 saturated heterocycles. The van der Waals surface area contributed by atoms with E-state index >= 15 is 0 Å². The van der Waals surface area contributed by atoms with E-state index in [9.17, 15) is 0 Å². The summed E-state index contributed by atoms with van der Waals surface area (Å²) in [7, 11) is 0. The van der Waals surface area contributed by atoms with E-state index in [1.54, 1.807) is 0 Å².